The lowest BCUT2D eigenvalue weighted by Gasteiger charge is -1.83. The fraction of sp³-hybridized carbons (Fsp3) is 0. The molecule has 2 heterocycles. The SMILES string of the molecule is Nc1ccccc1.c1c[nH]cn1.c1c[nH]cn1. The zero-order valence-electron chi connectivity index (χ0n) is 9.32. The van der Waals surface area contributed by atoms with E-state index in [9.17, 15) is 0 Å². The monoisotopic (exact) mass is 229 g/mol. The Balaban J connectivity index is 0.000000130. The fourth-order valence-electron chi connectivity index (χ4n) is 0.883. The van der Waals surface area contributed by atoms with Crippen molar-refractivity contribution in [2.45, 2.75) is 0 Å². The lowest BCUT2D eigenvalue weighted by atomic mass is 10.3. The number of hydrogen-bond donors (Lipinski definition) is 3. The van der Waals surface area contributed by atoms with Crippen LogP contribution in [0.3, 0.4) is 0 Å². The molecule has 0 fully saturated rings. The summed E-state index contributed by atoms with van der Waals surface area (Å²) in [5, 5.41) is 0. The maximum atomic E-state index is 5.36. The molecule has 0 aliphatic rings. The van der Waals surface area contributed by atoms with Gasteiger partial charge in [-0.05, 0) is 12.1 Å². The molecule has 3 rings (SSSR count). The molecule has 0 bridgehead atoms. The molecule has 88 valence electrons. The number of nitrogens with zero attached hydrogens (tertiary/aromatic N) is 2. The highest BCUT2D eigenvalue weighted by atomic mass is 14.8. The predicted molar refractivity (Wildman–Crippen MR) is 68.0 cm³/mol. The number of rotatable bonds is 0. The van der Waals surface area contributed by atoms with Crippen LogP contribution in [0.1, 0.15) is 0 Å². The van der Waals surface area contributed by atoms with Crippen molar-refractivity contribution < 1.29 is 0 Å². The second kappa shape index (κ2) is 8.72. The third-order valence-electron chi connectivity index (χ3n) is 1.61. The van der Waals surface area contributed by atoms with Gasteiger partial charge in [0.15, 0.2) is 0 Å². The quantitative estimate of drug-likeness (QED) is 0.516. The third kappa shape index (κ3) is 7.38. The molecule has 0 aliphatic heterocycles. The molecule has 2 aromatic heterocycles. The summed E-state index contributed by atoms with van der Waals surface area (Å²) in [5.74, 6) is 0. The number of nitrogens with two attached hydrogens (primary N) is 1. The highest BCUT2D eigenvalue weighted by molar-refractivity contribution is 5.35. The summed E-state index contributed by atoms with van der Waals surface area (Å²) in [6.45, 7) is 0. The van der Waals surface area contributed by atoms with Gasteiger partial charge in [0.2, 0.25) is 0 Å². The van der Waals surface area contributed by atoms with Crippen molar-refractivity contribution in [1.82, 2.24) is 19.9 Å². The van der Waals surface area contributed by atoms with E-state index in [-0.39, 0.29) is 0 Å². The Bertz CT molecular complexity index is 372. The highest BCUT2D eigenvalue weighted by Gasteiger charge is 1.72. The van der Waals surface area contributed by atoms with Crippen molar-refractivity contribution in [3.63, 3.8) is 0 Å². The van der Waals surface area contributed by atoms with Gasteiger partial charge in [0.25, 0.3) is 0 Å². The maximum absolute atomic E-state index is 5.36. The molecular weight excluding hydrogens is 214 g/mol. The summed E-state index contributed by atoms with van der Waals surface area (Å²) in [6, 6.07) is 9.49. The zero-order chi connectivity index (χ0) is 12.2. The molecule has 3 aromatic rings. The average molecular weight is 229 g/mol. The van der Waals surface area contributed by atoms with Crippen LogP contribution in [0, 0.1) is 0 Å². The molecule has 0 amide bonds. The van der Waals surface area contributed by atoms with E-state index < -0.39 is 0 Å². The Morgan fingerprint density at radius 2 is 1.35 bits per heavy atom. The van der Waals surface area contributed by atoms with Gasteiger partial charge in [-0.1, -0.05) is 18.2 Å². The number of nitrogens with one attached hydrogen (secondary N) is 2. The Morgan fingerprint density at radius 3 is 1.53 bits per heavy atom. The summed E-state index contributed by atoms with van der Waals surface area (Å²) >= 11 is 0. The van der Waals surface area contributed by atoms with Gasteiger partial charge in [0.05, 0.1) is 12.7 Å². The van der Waals surface area contributed by atoms with Gasteiger partial charge < -0.3 is 15.7 Å². The summed E-state index contributed by atoms with van der Waals surface area (Å²) in [5.41, 5.74) is 6.18. The molecule has 1 aromatic carbocycles. The Hall–Kier alpha value is -2.56. The number of aromatic nitrogens is 4. The molecule has 0 saturated heterocycles. The molecule has 5 nitrogen and oxygen atoms in total. The molecule has 17 heavy (non-hydrogen) atoms. The summed E-state index contributed by atoms with van der Waals surface area (Å²) in [4.78, 5) is 12.8. The lowest BCUT2D eigenvalue weighted by molar-refractivity contribution is 1.31. The van der Waals surface area contributed by atoms with Gasteiger partial charge in [-0.15, -0.1) is 0 Å². The largest absolute Gasteiger partial charge is 0.399 e. The van der Waals surface area contributed by atoms with Gasteiger partial charge in [-0.2, -0.15) is 0 Å². The van der Waals surface area contributed by atoms with Crippen molar-refractivity contribution >= 4 is 5.69 Å². The van der Waals surface area contributed by atoms with Gasteiger partial charge in [0.1, 0.15) is 0 Å². The van der Waals surface area contributed by atoms with Crippen LogP contribution in [0.2, 0.25) is 0 Å². The first-order chi connectivity index (χ1) is 8.39. The van der Waals surface area contributed by atoms with Gasteiger partial charge in [0, 0.05) is 30.5 Å². The van der Waals surface area contributed by atoms with E-state index in [1.54, 1.807) is 37.4 Å². The van der Waals surface area contributed by atoms with E-state index in [4.69, 9.17) is 5.73 Å². The number of aromatic amines is 2. The van der Waals surface area contributed by atoms with Crippen LogP contribution < -0.4 is 5.73 Å². The molecule has 4 N–H and O–H groups in total. The molecule has 0 unspecified atom stereocenters. The van der Waals surface area contributed by atoms with Crippen LogP contribution in [0.25, 0.3) is 0 Å². The Labute approximate surface area is 99.8 Å². The zero-order valence-corrected chi connectivity index (χ0v) is 9.32. The summed E-state index contributed by atoms with van der Waals surface area (Å²) in [7, 11) is 0. The Morgan fingerprint density at radius 1 is 0.824 bits per heavy atom. The molecule has 0 saturated carbocycles. The van der Waals surface area contributed by atoms with Crippen molar-refractivity contribution in [2.75, 3.05) is 5.73 Å². The third-order valence-corrected chi connectivity index (χ3v) is 1.61. The normalized spacial score (nSPS) is 8.24. The van der Waals surface area contributed by atoms with Crippen LogP contribution in [-0.2, 0) is 0 Å². The molecule has 5 heteroatoms. The number of para-hydroxylation sites is 1. The number of hydrogen-bond acceptors (Lipinski definition) is 3. The van der Waals surface area contributed by atoms with Crippen LogP contribution in [-0.4, -0.2) is 19.9 Å². The van der Waals surface area contributed by atoms with Gasteiger partial charge in [-0.3, -0.25) is 0 Å². The van der Waals surface area contributed by atoms with Crippen molar-refractivity contribution in [1.29, 1.82) is 0 Å². The van der Waals surface area contributed by atoms with E-state index in [0.717, 1.165) is 5.69 Å². The van der Waals surface area contributed by atoms with E-state index in [1.165, 1.54) is 0 Å². The second-order valence-electron chi connectivity index (χ2n) is 2.93. The molecular formula is C12H15N5. The maximum Gasteiger partial charge on any atom is 0.0919 e. The Kier molecular flexibility index (Phi) is 6.42. The first-order valence-electron chi connectivity index (χ1n) is 5.05. The van der Waals surface area contributed by atoms with E-state index in [1.807, 2.05) is 30.3 Å². The van der Waals surface area contributed by atoms with Gasteiger partial charge >= 0.3 is 0 Å². The number of anilines is 1. The highest BCUT2D eigenvalue weighted by Crippen LogP contribution is 1.95. The minimum Gasteiger partial charge on any atom is -0.399 e. The molecule has 0 aliphatic carbocycles. The van der Waals surface area contributed by atoms with E-state index in [2.05, 4.69) is 19.9 Å². The van der Waals surface area contributed by atoms with Crippen LogP contribution in [0.15, 0.2) is 67.8 Å². The minimum atomic E-state index is 0.822. The van der Waals surface area contributed by atoms with Crippen LogP contribution >= 0.6 is 0 Å². The molecule has 0 radical (unpaired) electrons. The fourth-order valence-corrected chi connectivity index (χ4v) is 0.883. The van der Waals surface area contributed by atoms with Crippen LogP contribution in [0.4, 0.5) is 5.69 Å². The topological polar surface area (TPSA) is 83.4 Å². The molecule has 0 atom stereocenters. The van der Waals surface area contributed by atoms with Crippen molar-refractivity contribution in [3.8, 4) is 0 Å². The number of imidazole rings is 2. The van der Waals surface area contributed by atoms with Gasteiger partial charge in [-0.25, -0.2) is 9.97 Å². The first kappa shape index (κ1) is 12.5. The molecule has 0 spiro atoms. The van der Waals surface area contributed by atoms with E-state index in [0.29, 0.717) is 0 Å². The smallest absolute Gasteiger partial charge is 0.0919 e. The number of benzene rings is 1. The first-order valence-corrected chi connectivity index (χ1v) is 5.05. The van der Waals surface area contributed by atoms with Crippen LogP contribution in [0.5, 0.6) is 0 Å². The predicted octanol–water partition coefficient (Wildman–Crippen LogP) is 2.09. The van der Waals surface area contributed by atoms with Crippen molar-refractivity contribution in [3.05, 3.63) is 67.8 Å². The lowest BCUT2D eigenvalue weighted by Crippen LogP contribution is -1.79. The average Bonchev–Trinajstić information content (AvgIpc) is 3.09. The minimum absolute atomic E-state index is 0.822. The number of H-pyrrole nitrogens is 2. The van der Waals surface area contributed by atoms with E-state index >= 15 is 0 Å². The summed E-state index contributed by atoms with van der Waals surface area (Å²) < 4.78 is 0. The standard InChI is InChI=1S/C6H7N.2C3H4N2/c7-6-4-2-1-3-5-6;2*1-2-5-3-4-1/h1-5H,7H2;2*1-3H,(H,4,5). The summed E-state index contributed by atoms with van der Waals surface area (Å²) in [6.07, 6.45) is 10.2. The van der Waals surface area contributed by atoms with Crippen molar-refractivity contribution in [2.24, 2.45) is 0 Å². The second-order valence-corrected chi connectivity index (χ2v) is 2.93. The number of nitrogen functional groups attached to an aromatic ring is 1.